The molecule has 0 saturated carbocycles. The smallest absolute Gasteiger partial charge is 0.150 e. The summed E-state index contributed by atoms with van der Waals surface area (Å²) in [4.78, 5) is 10.3. The van der Waals surface area contributed by atoms with Gasteiger partial charge >= 0.3 is 0 Å². The second-order valence-electron chi connectivity index (χ2n) is 2.11. The molecule has 0 aliphatic carbocycles. The fourth-order valence-corrected chi connectivity index (χ4v) is 1.25. The van der Waals surface area contributed by atoms with Crippen LogP contribution in [0, 0.1) is 0 Å². The molecule has 2 nitrogen and oxygen atoms in total. The fourth-order valence-electron chi connectivity index (χ4n) is 0.808. The van der Waals surface area contributed by atoms with Crippen LogP contribution < -0.4 is 5.32 Å². The zero-order valence-corrected chi connectivity index (χ0v) is 7.68. The number of carbonyl (C=O) groups excluding carboxylic acids is 1. The maximum Gasteiger partial charge on any atom is 0.150 e. The van der Waals surface area contributed by atoms with Crippen LogP contribution in [0.1, 0.15) is 10.4 Å². The van der Waals surface area contributed by atoms with Crippen LogP contribution in [-0.2, 0) is 0 Å². The number of carbonyl (C=O) groups is 1. The quantitative estimate of drug-likeness (QED) is 0.765. The third kappa shape index (κ3) is 1.80. The normalized spacial score (nSPS) is 9.27. The van der Waals surface area contributed by atoms with Crippen molar-refractivity contribution >= 4 is 27.9 Å². The lowest BCUT2D eigenvalue weighted by atomic mass is 10.2. The van der Waals surface area contributed by atoms with Crippen LogP contribution in [-0.4, -0.2) is 13.3 Å². The molecule has 3 heteroatoms. The van der Waals surface area contributed by atoms with E-state index >= 15 is 0 Å². The summed E-state index contributed by atoms with van der Waals surface area (Å²) in [6.07, 6.45) is 0.827. The Morgan fingerprint density at radius 1 is 1.55 bits per heavy atom. The van der Waals surface area contributed by atoms with Crippen LogP contribution in [0.15, 0.2) is 22.7 Å². The van der Waals surface area contributed by atoms with Crippen molar-refractivity contribution in [1.82, 2.24) is 0 Å². The Morgan fingerprint density at radius 2 is 2.27 bits per heavy atom. The molecule has 0 unspecified atom stereocenters. The lowest BCUT2D eigenvalue weighted by Gasteiger charge is -2.02. The third-order valence-electron chi connectivity index (χ3n) is 1.40. The summed E-state index contributed by atoms with van der Waals surface area (Å²) >= 11 is 3.34. The van der Waals surface area contributed by atoms with Gasteiger partial charge in [-0.05, 0) is 28.1 Å². The van der Waals surface area contributed by atoms with Crippen LogP contribution in [0.25, 0.3) is 0 Å². The molecule has 0 radical (unpaired) electrons. The first-order valence-electron chi connectivity index (χ1n) is 3.20. The van der Waals surface area contributed by atoms with Gasteiger partial charge in [0.05, 0.1) is 0 Å². The zero-order chi connectivity index (χ0) is 8.27. The Hall–Kier alpha value is -0.830. The number of hydrogen-bond acceptors (Lipinski definition) is 2. The molecule has 0 spiro atoms. The molecular weight excluding hydrogens is 206 g/mol. The standard InChI is InChI=1S/C8H8BrNO/c1-10-8-4-6(5-11)2-3-7(8)9/h2-5,10H,1H3. The van der Waals surface area contributed by atoms with Crippen molar-refractivity contribution in [1.29, 1.82) is 0 Å². The molecule has 0 saturated heterocycles. The molecule has 0 atom stereocenters. The largest absolute Gasteiger partial charge is 0.387 e. The molecule has 0 aromatic heterocycles. The van der Waals surface area contributed by atoms with Crippen molar-refractivity contribution in [2.45, 2.75) is 0 Å². The van der Waals surface area contributed by atoms with Crippen molar-refractivity contribution < 1.29 is 4.79 Å². The highest BCUT2D eigenvalue weighted by molar-refractivity contribution is 9.10. The van der Waals surface area contributed by atoms with E-state index in [0.717, 1.165) is 16.4 Å². The number of hydrogen-bond donors (Lipinski definition) is 1. The second-order valence-corrected chi connectivity index (χ2v) is 2.96. The number of benzene rings is 1. The Kier molecular flexibility index (Phi) is 2.65. The van der Waals surface area contributed by atoms with Gasteiger partial charge < -0.3 is 5.32 Å². The minimum absolute atomic E-state index is 0.678. The van der Waals surface area contributed by atoms with Crippen LogP contribution in [0.3, 0.4) is 0 Å². The van der Waals surface area contributed by atoms with Crippen LogP contribution in [0.5, 0.6) is 0 Å². The summed E-state index contributed by atoms with van der Waals surface area (Å²) in [5, 5.41) is 2.96. The average molecular weight is 214 g/mol. The predicted octanol–water partition coefficient (Wildman–Crippen LogP) is 2.30. The van der Waals surface area contributed by atoms with Gasteiger partial charge in [-0.25, -0.2) is 0 Å². The molecule has 0 bridgehead atoms. The summed E-state index contributed by atoms with van der Waals surface area (Å²) in [5.41, 5.74) is 1.60. The highest BCUT2D eigenvalue weighted by Gasteiger charge is 1.97. The van der Waals surface area contributed by atoms with Gasteiger partial charge in [-0.15, -0.1) is 0 Å². The van der Waals surface area contributed by atoms with Gasteiger partial charge in [0.15, 0.2) is 0 Å². The topological polar surface area (TPSA) is 29.1 Å². The number of nitrogens with one attached hydrogen (secondary N) is 1. The molecule has 1 aromatic carbocycles. The van der Waals surface area contributed by atoms with Gasteiger partial charge in [0.25, 0.3) is 0 Å². The van der Waals surface area contributed by atoms with Gasteiger partial charge in [-0.3, -0.25) is 4.79 Å². The van der Waals surface area contributed by atoms with Gasteiger partial charge in [0.1, 0.15) is 6.29 Å². The summed E-state index contributed by atoms with van der Waals surface area (Å²) in [6, 6.07) is 5.39. The average Bonchev–Trinajstić information content (AvgIpc) is 2.05. The van der Waals surface area contributed by atoms with E-state index in [2.05, 4.69) is 21.2 Å². The van der Waals surface area contributed by atoms with Gasteiger partial charge in [-0.1, -0.05) is 6.07 Å². The van der Waals surface area contributed by atoms with Crippen LogP contribution >= 0.6 is 15.9 Å². The summed E-state index contributed by atoms with van der Waals surface area (Å²) in [6.45, 7) is 0. The Balaban J connectivity index is 3.12. The number of halogens is 1. The van der Waals surface area contributed by atoms with Crippen molar-refractivity contribution in [3.63, 3.8) is 0 Å². The van der Waals surface area contributed by atoms with E-state index in [1.165, 1.54) is 0 Å². The van der Waals surface area contributed by atoms with Crippen molar-refractivity contribution in [3.8, 4) is 0 Å². The first-order valence-corrected chi connectivity index (χ1v) is 3.99. The van der Waals surface area contributed by atoms with E-state index in [4.69, 9.17) is 0 Å². The van der Waals surface area contributed by atoms with Gasteiger partial charge in [-0.2, -0.15) is 0 Å². The predicted molar refractivity (Wildman–Crippen MR) is 49.1 cm³/mol. The lowest BCUT2D eigenvalue weighted by molar-refractivity contribution is 0.112. The highest BCUT2D eigenvalue weighted by atomic mass is 79.9. The Labute approximate surface area is 73.7 Å². The Bertz CT molecular complexity index is 273. The monoisotopic (exact) mass is 213 g/mol. The summed E-state index contributed by atoms with van der Waals surface area (Å²) in [5.74, 6) is 0. The molecule has 1 N–H and O–H groups in total. The molecule has 1 aromatic rings. The van der Waals surface area contributed by atoms with E-state index < -0.39 is 0 Å². The maximum absolute atomic E-state index is 10.3. The molecule has 11 heavy (non-hydrogen) atoms. The van der Waals surface area contributed by atoms with E-state index in [1.807, 2.05) is 13.1 Å². The Morgan fingerprint density at radius 3 is 2.82 bits per heavy atom. The molecule has 1 rings (SSSR count). The minimum atomic E-state index is 0.678. The van der Waals surface area contributed by atoms with E-state index in [-0.39, 0.29) is 0 Å². The maximum atomic E-state index is 10.3. The SMILES string of the molecule is CNc1cc(C=O)ccc1Br. The van der Waals surface area contributed by atoms with E-state index in [9.17, 15) is 4.79 Å². The van der Waals surface area contributed by atoms with Crippen LogP contribution in [0.2, 0.25) is 0 Å². The van der Waals surface area contributed by atoms with Crippen molar-refractivity contribution in [3.05, 3.63) is 28.2 Å². The molecule has 0 aliphatic rings. The van der Waals surface area contributed by atoms with Gasteiger partial charge in [0.2, 0.25) is 0 Å². The highest BCUT2D eigenvalue weighted by Crippen LogP contribution is 2.21. The van der Waals surface area contributed by atoms with Crippen LogP contribution in [0.4, 0.5) is 5.69 Å². The van der Waals surface area contributed by atoms with Crippen molar-refractivity contribution in [2.24, 2.45) is 0 Å². The summed E-state index contributed by atoms with van der Waals surface area (Å²) < 4.78 is 0.964. The molecule has 0 fully saturated rings. The molecule has 0 heterocycles. The van der Waals surface area contributed by atoms with E-state index in [1.54, 1.807) is 12.1 Å². The van der Waals surface area contributed by atoms with Crippen molar-refractivity contribution in [2.75, 3.05) is 12.4 Å². The number of anilines is 1. The second kappa shape index (κ2) is 3.53. The minimum Gasteiger partial charge on any atom is -0.387 e. The molecule has 58 valence electrons. The lowest BCUT2D eigenvalue weighted by Crippen LogP contribution is -1.90. The van der Waals surface area contributed by atoms with Gasteiger partial charge in [0, 0.05) is 22.8 Å². The fraction of sp³-hybridized carbons (Fsp3) is 0.125. The first kappa shape index (κ1) is 8.27. The number of aldehydes is 1. The number of rotatable bonds is 2. The first-order chi connectivity index (χ1) is 5.27. The third-order valence-corrected chi connectivity index (χ3v) is 2.09. The molecular formula is C8H8BrNO. The summed E-state index contributed by atoms with van der Waals surface area (Å²) in [7, 11) is 1.81. The molecule has 0 aliphatic heterocycles. The van der Waals surface area contributed by atoms with E-state index in [0.29, 0.717) is 5.56 Å². The molecule has 0 amide bonds. The zero-order valence-electron chi connectivity index (χ0n) is 6.10.